The monoisotopic (exact) mass is 239 g/mol. The third-order valence-corrected chi connectivity index (χ3v) is 2.67. The summed E-state index contributed by atoms with van der Waals surface area (Å²) in [6.45, 7) is 1.32. The van der Waals surface area contributed by atoms with E-state index in [9.17, 15) is 9.18 Å². The molecule has 2 heterocycles. The number of pyridine rings is 1. The maximum absolute atomic E-state index is 13.1. The molecule has 0 bridgehead atoms. The first-order valence-corrected chi connectivity index (χ1v) is 5.41. The van der Waals surface area contributed by atoms with Crippen molar-refractivity contribution in [1.29, 1.82) is 0 Å². The van der Waals surface area contributed by atoms with Gasteiger partial charge in [-0.3, -0.25) is 4.79 Å². The first kappa shape index (κ1) is 11.8. The molecule has 1 aliphatic heterocycles. The van der Waals surface area contributed by atoms with E-state index in [1.165, 1.54) is 6.07 Å². The van der Waals surface area contributed by atoms with Gasteiger partial charge in [-0.2, -0.15) is 4.39 Å². The minimum absolute atomic E-state index is 0.157. The SMILES string of the molecule is CNC(=O)C1COCCN1c1cccc(F)n1. The van der Waals surface area contributed by atoms with Crippen LogP contribution in [0.5, 0.6) is 0 Å². The number of anilines is 1. The standard InChI is InChI=1S/C11H14FN3O2/c1-13-11(16)8-7-17-6-5-15(8)10-4-2-3-9(12)14-10/h2-4,8H,5-7H2,1H3,(H,13,16). The largest absolute Gasteiger partial charge is 0.377 e. The highest BCUT2D eigenvalue weighted by Crippen LogP contribution is 2.17. The first-order chi connectivity index (χ1) is 8.22. The Labute approximate surface area is 98.6 Å². The molecule has 1 fully saturated rings. The lowest BCUT2D eigenvalue weighted by molar-refractivity contribution is -0.124. The Kier molecular flexibility index (Phi) is 3.53. The summed E-state index contributed by atoms with van der Waals surface area (Å²) in [5.41, 5.74) is 0. The van der Waals surface area contributed by atoms with Crippen LogP contribution < -0.4 is 10.2 Å². The van der Waals surface area contributed by atoms with Crippen molar-refractivity contribution in [2.45, 2.75) is 6.04 Å². The van der Waals surface area contributed by atoms with E-state index >= 15 is 0 Å². The maximum Gasteiger partial charge on any atom is 0.244 e. The predicted molar refractivity (Wildman–Crippen MR) is 60.2 cm³/mol. The Bertz CT molecular complexity index is 413. The molecule has 17 heavy (non-hydrogen) atoms. The number of morpholine rings is 1. The van der Waals surface area contributed by atoms with E-state index in [4.69, 9.17) is 4.74 Å². The molecule has 0 aromatic carbocycles. The second-order valence-corrected chi connectivity index (χ2v) is 3.72. The minimum Gasteiger partial charge on any atom is -0.377 e. The van der Waals surface area contributed by atoms with Gasteiger partial charge in [-0.05, 0) is 12.1 Å². The maximum atomic E-state index is 13.1. The van der Waals surface area contributed by atoms with Crippen LogP contribution in [-0.2, 0) is 9.53 Å². The molecule has 1 aromatic rings. The highest BCUT2D eigenvalue weighted by Gasteiger charge is 2.29. The molecule has 0 aliphatic carbocycles. The van der Waals surface area contributed by atoms with E-state index in [0.29, 0.717) is 19.0 Å². The summed E-state index contributed by atoms with van der Waals surface area (Å²) in [6.07, 6.45) is 0. The van der Waals surface area contributed by atoms with Crippen LogP contribution in [0.15, 0.2) is 18.2 Å². The molecule has 1 atom stereocenters. The van der Waals surface area contributed by atoms with Crippen LogP contribution in [0.4, 0.5) is 10.2 Å². The lowest BCUT2D eigenvalue weighted by atomic mass is 10.2. The number of hydrogen-bond donors (Lipinski definition) is 1. The summed E-state index contributed by atoms with van der Waals surface area (Å²) in [5.74, 6) is -0.248. The quantitative estimate of drug-likeness (QED) is 0.748. The van der Waals surface area contributed by atoms with Gasteiger partial charge in [-0.25, -0.2) is 4.98 Å². The molecule has 1 aromatic heterocycles. The van der Waals surface area contributed by atoms with Crippen molar-refractivity contribution in [2.24, 2.45) is 0 Å². The van der Waals surface area contributed by atoms with E-state index in [1.807, 2.05) is 0 Å². The molecule has 5 nitrogen and oxygen atoms in total. The van der Waals surface area contributed by atoms with Gasteiger partial charge >= 0.3 is 0 Å². The predicted octanol–water partition coefficient (Wildman–Crippen LogP) is 0.172. The van der Waals surface area contributed by atoms with Gasteiger partial charge in [0.05, 0.1) is 13.2 Å². The van der Waals surface area contributed by atoms with E-state index in [0.717, 1.165) is 0 Å². The van der Waals surface area contributed by atoms with Gasteiger partial charge in [0.15, 0.2) is 0 Å². The number of carbonyl (C=O) groups is 1. The molecule has 1 N–H and O–H groups in total. The van der Waals surface area contributed by atoms with Gasteiger partial charge in [0.25, 0.3) is 0 Å². The number of nitrogens with zero attached hydrogens (tertiary/aromatic N) is 2. The van der Waals surface area contributed by atoms with Crippen molar-refractivity contribution >= 4 is 11.7 Å². The Morgan fingerprint density at radius 3 is 3.18 bits per heavy atom. The number of likely N-dealkylation sites (N-methyl/N-ethyl adjacent to an activating group) is 1. The number of carbonyl (C=O) groups excluding carboxylic acids is 1. The molecule has 1 aliphatic rings. The van der Waals surface area contributed by atoms with Gasteiger partial charge in [0.1, 0.15) is 11.9 Å². The smallest absolute Gasteiger partial charge is 0.244 e. The normalized spacial score (nSPS) is 20.1. The van der Waals surface area contributed by atoms with Crippen molar-refractivity contribution in [3.63, 3.8) is 0 Å². The number of rotatable bonds is 2. The zero-order valence-electron chi connectivity index (χ0n) is 9.52. The molecule has 2 rings (SSSR count). The van der Waals surface area contributed by atoms with Gasteiger partial charge in [-0.1, -0.05) is 6.07 Å². The van der Waals surface area contributed by atoms with Gasteiger partial charge in [-0.15, -0.1) is 0 Å². The van der Waals surface area contributed by atoms with Crippen LogP contribution in [0.2, 0.25) is 0 Å². The zero-order chi connectivity index (χ0) is 12.3. The molecule has 1 unspecified atom stereocenters. The Balaban J connectivity index is 2.24. The van der Waals surface area contributed by atoms with E-state index in [-0.39, 0.29) is 12.5 Å². The molecule has 0 radical (unpaired) electrons. The fraction of sp³-hybridized carbons (Fsp3) is 0.455. The fourth-order valence-electron chi connectivity index (χ4n) is 1.82. The zero-order valence-corrected chi connectivity index (χ0v) is 9.52. The van der Waals surface area contributed by atoms with E-state index in [1.54, 1.807) is 24.1 Å². The second-order valence-electron chi connectivity index (χ2n) is 3.72. The number of halogens is 1. The Morgan fingerprint density at radius 1 is 1.65 bits per heavy atom. The molecule has 1 saturated heterocycles. The van der Waals surface area contributed by atoms with Crippen molar-refractivity contribution in [3.05, 3.63) is 24.1 Å². The summed E-state index contributed by atoms with van der Waals surface area (Å²) in [5, 5.41) is 2.57. The van der Waals surface area contributed by atoms with Crippen molar-refractivity contribution in [2.75, 3.05) is 31.7 Å². The lowest BCUT2D eigenvalue weighted by Gasteiger charge is -2.35. The molecule has 6 heteroatoms. The number of hydrogen-bond acceptors (Lipinski definition) is 4. The number of aromatic nitrogens is 1. The number of nitrogens with one attached hydrogen (secondary N) is 1. The van der Waals surface area contributed by atoms with Crippen molar-refractivity contribution in [3.8, 4) is 0 Å². The van der Waals surface area contributed by atoms with Crippen LogP contribution in [0, 0.1) is 5.95 Å². The van der Waals surface area contributed by atoms with Gasteiger partial charge in [0.2, 0.25) is 11.9 Å². The summed E-state index contributed by atoms with van der Waals surface area (Å²) < 4.78 is 18.3. The summed E-state index contributed by atoms with van der Waals surface area (Å²) in [6, 6.07) is 4.08. The molecule has 0 saturated carbocycles. The van der Waals surface area contributed by atoms with Gasteiger partial charge in [0, 0.05) is 13.6 Å². The Morgan fingerprint density at radius 2 is 2.47 bits per heavy atom. The Hall–Kier alpha value is -1.69. The molecule has 1 amide bonds. The third kappa shape index (κ3) is 2.52. The van der Waals surface area contributed by atoms with Crippen LogP contribution in [-0.4, -0.2) is 43.7 Å². The van der Waals surface area contributed by atoms with E-state index in [2.05, 4.69) is 10.3 Å². The first-order valence-electron chi connectivity index (χ1n) is 5.41. The topological polar surface area (TPSA) is 54.5 Å². The van der Waals surface area contributed by atoms with Gasteiger partial charge < -0.3 is 15.0 Å². The summed E-state index contributed by atoms with van der Waals surface area (Å²) >= 11 is 0. The lowest BCUT2D eigenvalue weighted by Crippen LogP contribution is -2.53. The second kappa shape index (κ2) is 5.09. The number of amides is 1. The fourth-order valence-corrected chi connectivity index (χ4v) is 1.82. The van der Waals surface area contributed by atoms with Crippen LogP contribution in [0.25, 0.3) is 0 Å². The highest BCUT2D eigenvalue weighted by molar-refractivity contribution is 5.85. The third-order valence-electron chi connectivity index (χ3n) is 2.67. The molecular formula is C11H14FN3O2. The van der Waals surface area contributed by atoms with Crippen molar-refractivity contribution in [1.82, 2.24) is 10.3 Å². The van der Waals surface area contributed by atoms with E-state index < -0.39 is 12.0 Å². The number of ether oxygens (including phenoxy) is 1. The molecule has 92 valence electrons. The summed E-state index contributed by atoms with van der Waals surface area (Å²) in [4.78, 5) is 17.2. The van der Waals surface area contributed by atoms with Crippen molar-refractivity contribution < 1.29 is 13.9 Å². The summed E-state index contributed by atoms with van der Waals surface area (Å²) in [7, 11) is 1.56. The minimum atomic E-state index is -0.551. The molecule has 0 spiro atoms. The van der Waals surface area contributed by atoms with Crippen LogP contribution >= 0.6 is 0 Å². The van der Waals surface area contributed by atoms with Crippen LogP contribution in [0.1, 0.15) is 0 Å². The highest BCUT2D eigenvalue weighted by atomic mass is 19.1. The average molecular weight is 239 g/mol. The average Bonchev–Trinajstić information content (AvgIpc) is 2.38. The molecular weight excluding hydrogens is 225 g/mol. The van der Waals surface area contributed by atoms with Crippen LogP contribution in [0.3, 0.4) is 0 Å².